The molecule has 8 aromatic carbocycles. The van der Waals surface area contributed by atoms with Crippen LogP contribution in [-0.4, -0.2) is 10.2 Å². The van der Waals surface area contributed by atoms with Crippen LogP contribution in [0.5, 0.6) is 11.5 Å². The molecule has 0 radical (unpaired) electrons. The van der Waals surface area contributed by atoms with Gasteiger partial charge in [-0.1, -0.05) is 170 Å². The van der Waals surface area contributed by atoms with Crippen molar-refractivity contribution in [2.24, 2.45) is 0 Å². The Morgan fingerprint density at radius 3 is 0.940 bits per heavy atom. The van der Waals surface area contributed by atoms with Gasteiger partial charge in [-0.05, 0) is 79.9 Å². The molecule has 0 aliphatic heterocycles. The van der Waals surface area contributed by atoms with Gasteiger partial charge in [0.2, 0.25) is 0 Å². The summed E-state index contributed by atoms with van der Waals surface area (Å²) >= 11 is 0. The van der Waals surface area contributed by atoms with E-state index in [2.05, 4.69) is 133 Å². The van der Waals surface area contributed by atoms with Crippen molar-refractivity contribution in [1.29, 1.82) is 0 Å². The zero-order valence-electron chi connectivity index (χ0n) is 27.8. The van der Waals surface area contributed by atoms with Crippen LogP contribution in [0.1, 0.15) is 45.2 Å². The first-order valence-electron chi connectivity index (χ1n) is 17.3. The Hall–Kier alpha value is -6.12. The third-order valence-corrected chi connectivity index (χ3v) is 10.1. The number of rotatable bonds is 9. The molecule has 0 fully saturated rings. The minimum Gasteiger partial charge on any atom is -0.507 e. The summed E-state index contributed by atoms with van der Waals surface area (Å²) in [5.74, 6) is 0.486. The second-order valence-electron chi connectivity index (χ2n) is 13.1. The average Bonchev–Trinajstić information content (AvgIpc) is 3.18. The van der Waals surface area contributed by atoms with Gasteiger partial charge in [-0.3, -0.25) is 0 Å². The fraction of sp³-hybridized carbons (Fsp3) is 0.0833. The van der Waals surface area contributed by atoms with Crippen LogP contribution in [-0.2, 0) is 12.8 Å². The van der Waals surface area contributed by atoms with E-state index in [-0.39, 0.29) is 23.3 Å². The van der Waals surface area contributed by atoms with Crippen LogP contribution in [0.3, 0.4) is 0 Å². The number of phenols is 2. The normalized spacial score (nSPS) is 11.5. The molecule has 0 saturated carbocycles. The van der Waals surface area contributed by atoms with Crippen LogP contribution in [0.25, 0.3) is 32.7 Å². The molecule has 0 spiro atoms. The molecule has 0 aliphatic carbocycles. The van der Waals surface area contributed by atoms with Crippen molar-refractivity contribution in [3.05, 3.63) is 215 Å². The van der Waals surface area contributed by atoms with Crippen molar-refractivity contribution >= 4 is 21.5 Å². The van der Waals surface area contributed by atoms with Crippen LogP contribution in [0.2, 0.25) is 0 Å². The topological polar surface area (TPSA) is 40.5 Å². The lowest BCUT2D eigenvalue weighted by atomic mass is 9.81. The van der Waals surface area contributed by atoms with Gasteiger partial charge in [-0.15, -0.1) is 0 Å². The number of benzene rings is 8. The highest BCUT2D eigenvalue weighted by Gasteiger charge is 2.26. The summed E-state index contributed by atoms with van der Waals surface area (Å²) in [6.07, 6.45) is 1.19. The summed E-state index contributed by atoms with van der Waals surface area (Å²) in [6.45, 7) is 0. The molecule has 242 valence electrons. The zero-order chi connectivity index (χ0) is 33.9. The van der Waals surface area contributed by atoms with E-state index in [9.17, 15) is 10.2 Å². The zero-order valence-corrected chi connectivity index (χ0v) is 27.8. The van der Waals surface area contributed by atoms with Gasteiger partial charge in [0.15, 0.2) is 0 Å². The standard InChI is InChI=1S/C48H38O2/c49-47-39(31-43(33-17-5-1-6-18-33)34-19-7-2-8-20-34)29-37-25-13-15-27-41(37)45(47)46-42-28-16-14-26-38(42)30-40(48(46)50)32-44(35-21-9-3-10-22-35)36-23-11-4-12-24-36/h1-30,43-44,49-50H,31-32H2. The molecule has 2 heteroatoms. The maximum absolute atomic E-state index is 12.5. The summed E-state index contributed by atoms with van der Waals surface area (Å²) in [7, 11) is 0. The Bertz CT molecular complexity index is 2130. The third-order valence-electron chi connectivity index (χ3n) is 10.1. The fourth-order valence-electron chi connectivity index (χ4n) is 7.64. The van der Waals surface area contributed by atoms with E-state index in [4.69, 9.17) is 0 Å². The van der Waals surface area contributed by atoms with Gasteiger partial charge >= 0.3 is 0 Å². The first-order chi connectivity index (χ1) is 24.7. The molecule has 0 heterocycles. The number of hydrogen-bond acceptors (Lipinski definition) is 2. The van der Waals surface area contributed by atoms with Crippen molar-refractivity contribution in [1.82, 2.24) is 0 Å². The highest BCUT2D eigenvalue weighted by atomic mass is 16.3. The summed E-state index contributed by atoms with van der Waals surface area (Å²) in [5, 5.41) is 28.8. The first kappa shape index (κ1) is 31.2. The van der Waals surface area contributed by atoms with Crippen LogP contribution >= 0.6 is 0 Å². The van der Waals surface area contributed by atoms with Crippen molar-refractivity contribution in [2.75, 3.05) is 0 Å². The third kappa shape index (κ3) is 6.01. The molecular formula is C48H38O2. The summed E-state index contributed by atoms with van der Waals surface area (Å²) in [6, 6.07) is 62.7. The summed E-state index contributed by atoms with van der Waals surface area (Å²) < 4.78 is 0. The maximum Gasteiger partial charge on any atom is 0.127 e. The van der Waals surface area contributed by atoms with Gasteiger partial charge in [0.25, 0.3) is 0 Å². The molecule has 0 unspecified atom stereocenters. The monoisotopic (exact) mass is 646 g/mol. The second kappa shape index (κ2) is 13.8. The highest BCUT2D eigenvalue weighted by Crippen LogP contribution is 2.49. The molecule has 0 bridgehead atoms. The van der Waals surface area contributed by atoms with E-state index < -0.39 is 0 Å². The highest BCUT2D eigenvalue weighted by molar-refractivity contribution is 6.10. The van der Waals surface area contributed by atoms with Crippen LogP contribution in [0, 0.1) is 0 Å². The fourth-order valence-corrected chi connectivity index (χ4v) is 7.64. The van der Waals surface area contributed by atoms with Gasteiger partial charge in [0.1, 0.15) is 11.5 Å². The van der Waals surface area contributed by atoms with E-state index in [1.54, 1.807) is 0 Å². The van der Waals surface area contributed by atoms with Gasteiger partial charge < -0.3 is 10.2 Å². The second-order valence-corrected chi connectivity index (χ2v) is 13.1. The van der Waals surface area contributed by atoms with E-state index in [1.165, 1.54) is 22.3 Å². The summed E-state index contributed by atoms with van der Waals surface area (Å²) in [4.78, 5) is 0. The molecule has 50 heavy (non-hydrogen) atoms. The lowest BCUT2D eigenvalue weighted by molar-refractivity contribution is 0.461. The van der Waals surface area contributed by atoms with E-state index in [1.807, 2.05) is 48.5 Å². The molecule has 0 amide bonds. The lowest BCUT2D eigenvalue weighted by Crippen LogP contribution is -2.07. The largest absolute Gasteiger partial charge is 0.507 e. The summed E-state index contributed by atoms with van der Waals surface area (Å²) in [5.41, 5.74) is 7.79. The molecule has 0 saturated heterocycles. The number of fused-ring (bicyclic) bond motifs is 2. The molecule has 2 N–H and O–H groups in total. The van der Waals surface area contributed by atoms with E-state index in [0.717, 1.165) is 32.7 Å². The Kier molecular flexibility index (Phi) is 8.59. The van der Waals surface area contributed by atoms with Crippen molar-refractivity contribution in [2.45, 2.75) is 24.7 Å². The molecular weight excluding hydrogens is 609 g/mol. The molecule has 0 atom stereocenters. The average molecular weight is 647 g/mol. The molecule has 2 nitrogen and oxygen atoms in total. The number of hydrogen-bond donors (Lipinski definition) is 2. The predicted molar refractivity (Wildman–Crippen MR) is 207 cm³/mol. The Morgan fingerprint density at radius 2 is 0.620 bits per heavy atom. The van der Waals surface area contributed by atoms with Gasteiger partial charge in [-0.25, -0.2) is 0 Å². The van der Waals surface area contributed by atoms with Crippen molar-refractivity contribution in [3.63, 3.8) is 0 Å². The molecule has 8 rings (SSSR count). The van der Waals surface area contributed by atoms with Crippen LogP contribution < -0.4 is 0 Å². The maximum atomic E-state index is 12.5. The molecule has 8 aromatic rings. The smallest absolute Gasteiger partial charge is 0.127 e. The first-order valence-corrected chi connectivity index (χ1v) is 17.3. The molecule has 0 aliphatic rings. The Labute approximate surface area is 293 Å². The lowest BCUT2D eigenvalue weighted by Gasteiger charge is -2.23. The minimum atomic E-state index is 0.0338. The van der Waals surface area contributed by atoms with E-state index in [0.29, 0.717) is 24.0 Å². The number of aromatic hydroxyl groups is 2. The van der Waals surface area contributed by atoms with Gasteiger partial charge in [0.05, 0.1) is 0 Å². The van der Waals surface area contributed by atoms with Gasteiger partial charge in [-0.2, -0.15) is 0 Å². The molecule has 0 aromatic heterocycles. The quantitative estimate of drug-likeness (QED) is 0.164. The van der Waals surface area contributed by atoms with Gasteiger partial charge in [0, 0.05) is 23.0 Å². The van der Waals surface area contributed by atoms with Crippen molar-refractivity contribution in [3.8, 4) is 22.6 Å². The van der Waals surface area contributed by atoms with Crippen molar-refractivity contribution < 1.29 is 10.2 Å². The Balaban J connectivity index is 1.33. The van der Waals surface area contributed by atoms with E-state index >= 15 is 0 Å². The van der Waals surface area contributed by atoms with Crippen LogP contribution in [0.15, 0.2) is 182 Å². The number of phenolic OH excluding ortho intramolecular Hbond substituents is 2. The predicted octanol–water partition coefficient (Wildman–Crippen LogP) is 11.8. The minimum absolute atomic E-state index is 0.0338. The Morgan fingerprint density at radius 1 is 0.340 bits per heavy atom. The van der Waals surface area contributed by atoms with Crippen LogP contribution in [0.4, 0.5) is 0 Å². The SMILES string of the molecule is Oc1c(CC(c2ccccc2)c2ccccc2)cc2ccccc2c1-c1c(O)c(CC(c2ccccc2)c2ccccc2)cc2ccccc12.